The van der Waals surface area contributed by atoms with Gasteiger partial charge in [0.25, 0.3) is 5.56 Å². The molecule has 0 radical (unpaired) electrons. The normalized spacial score (nSPS) is 12.7. The molecular formula is C20H19FN4O3S. The third-order valence-electron chi connectivity index (χ3n) is 4.78. The fourth-order valence-corrected chi connectivity index (χ4v) is 4.56. The number of aliphatic hydroxyl groups excluding tert-OH is 1. The Morgan fingerprint density at radius 1 is 1.28 bits per heavy atom. The average Bonchev–Trinajstić information content (AvgIpc) is 3.11. The van der Waals surface area contributed by atoms with Crippen LogP contribution in [0.2, 0.25) is 0 Å². The first-order chi connectivity index (χ1) is 13.9. The molecular weight excluding hydrogens is 395 g/mol. The Kier molecular flexibility index (Phi) is 5.01. The zero-order chi connectivity index (χ0) is 20.7. The molecule has 150 valence electrons. The van der Waals surface area contributed by atoms with E-state index in [4.69, 9.17) is 0 Å². The number of fused-ring (bicyclic) bond motifs is 6. The van der Waals surface area contributed by atoms with Crippen molar-refractivity contribution >= 4 is 50.2 Å². The van der Waals surface area contributed by atoms with Gasteiger partial charge in [-0.2, -0.15) is 0 Å². The number of thioether (sulfide) groups is 1. The number of aromatic amines is 2. The zero-order valence-electron chi connectivity index (χ0n) is 15.8. The predicted molar refractivity (Wildman–Crippen MR) is 112 cm³/mol. The Morgan fingerprint density at radius 2 is 2.07 bits per heavy atom. The van der Waals surface area contributed by atoms with E-state index >= 15 is 0 Å². The molecule has 3 N–H and O–H groups in total. The Morgan fingerprint density at radius 3 is 2.79 bits per heavy atom. The summed E-state index contributed by atoms with van der Waals surface area (Å²) in [5.74, 6) is -0.562. The van der Waals surface area contributed by atoms with E-state index in [-0.39, 0.29) is 24.5 Å². The molecule has 0 aliphatic rings. The van der Waals surface area contributed by atoms with Crippen molar-refractivity contribution < 1.29 is 14.3 Å². The highest BCUT2D eigenvalue weighted by Gasteiger charge is 2.24. The summed E-state index contributed by atoms with van der Waals surface area (Å²) in [6.45, 7) is -0.127. The second-order valence-corrected chi connectivity index (χ2v) is 8.09. The average molecular weight is 414 g/mol. The topological polar surface area (TPSA) is 102 Å². The van der Waals surface area contributed by atoms with Gasteiger partial charge in [-0.15, -0.1) is 0 Å². The van der Waals surface area contributed by atoms with Crippen LogP contribution < -0.4 is 5.56 Å². The molecule has 1 atom stereocenters. The molecule has 4 rings (SSSR count). The Bertz CT molecular complexity index is 1300. The van der Waals surface area contributed by atoms with Gasteiger partial charge in [0, 0.05) is 43.1 Å². The maximum Gasteiger partial charge on any atom is 0.256 e. The third kappa shape index (κ3) is 3.36. The summed E-state index contributed by atoms with van der Waals surface area (Å²) in [6.07, 6.45) is 1.81. The van der Waals surface area contributed by atoms with E-state index in [1.54, 1.807) is 26.2 Å². The number of carbonyl (C=O) groups excluding carboxylic acids is 1. The SMILES string of the molecule is CN(C)C(=O)C(CCO)Sc1nc2c3cc[nH]c(=O)c3c3cc(F)ccc3c2[nH]1. The van der Waals surface area contributed by atoms with Crippen LogP contribution in [0.15, 0.2) is 40.4 Å². The lowest BCUT2D eigenvalue weighted by atomic mass is 10.0. The van der Waals surface area contributed by atoms with Crippen molar-refractivity contribution in [3.05, 3.63) is 46.6 Å². The fraction of sp³-hybridized carbons (Fsp3) is 0.250. The quantitative estimate of drug-likeness (QED) is 0.344. The van der Waals surface area contributed by atoms with E-state index in [9.17, 15) is 19.1 Å². The smallest absolute Gasteiger partial charge is 0.256 e. The molecule has 2 aromatic carbocycles. The zero-order valence-corrected chi connectivity index (χ0v) is 16.6. The van der Waals surface area contributed by atoms with Crippen LogP contribution in [0.25, 0.3) is 32.6 Å². The molecule has 2 aromatic heterocycles. The lowest BCUT2D eigenvalue weighted by Gasteiger charge is -2.18. The number of H-pyrrole nitrogens is 2. The van der Waals surface area contributed by atoms with Crippen molar-refractivity contribution in [3.63, 3.8) is 0 Å². The lowest BCUT2D eigenvalue weighted by molar-refractivity contribution is -0.128. The number of benzene rings is 2. The Balaban J connectivity index is 1.95. The van der Waals surface area contributed by atoms with Crippen LogP contribution in [0.5, 0.6) is 0 Å². The van der Waals surface area contributed by atoms with Crippen molar-refractivity contribution in [1.29, 1.82) is 0 Å². The van der Waals surface area contributed by atoms with Gasteiger partial charge in [0.2, 0.25) is 5.91 Å². The van der Waals surface area contributed by atoms with Gasteiger partial charge in [0.05, 0.1) is 21.7 Å². The number of nitrogens with zero attached hydrogens (tertiary/aromatic N) is 2. The standard InChI is InChI=1S/C20H19FN4O3S/c1-25(2)19(28)14(6-8-26)29-20-23-16-11-4-3-10(21)9-13(11)15-12(17(16)24-20)5-7-22-18(15)27/h3-5,7,9,14,26H,6,8H2,1-2H3,(H,22,27)(H,23,24). The highest BCUT2D eigenvalue weighted by Crippen LogP contribution is 2.35. The largest absolute Gasteiger partial charge is 0.396 e. The number of halogens is 1. The number of nitrogens with one attached hydrogen (secondary N) is 2. The molecule has 0 spiro atoms. The summed E-state index contributed by atoms with van der Waals surface area (Å²) >= 11 is 1.22. The minimum absolute atomic E-state index is 0.127. The van der Waals surface area contributed by atoms with Crippen LogP contribution >= 0.6 is 11.8 Å². The van der Waals surface area contributed by atoms with E-state index in [1.807, 2.05) is 0 Å². The summed E-state index contributed by atoms with van der Waals surface area (Å²) in [4.78, 5) is 36.9. The van der Waals surface area contributed by atoms with Crippen molar-refractivity contribution in [2.45, 2.75) is 16.8 Å². The van der Waals surface area contributed by atoms with Crippen LogP contribution in [0.1, 0.15) is 6.42 Å². The van der Waals surface area contributed by atoms with Gasteiger partial charge in [-0.25, -0.2) is 9.37 Å². The molecule has 1 amide bonds. The van der Waals surface area contributed by atoms with Crippen molar-refractivity contribution in [1.82, 2.24) is 19.9 Å². The minimum atomic E-state index is -0.506. The molecule has 2 heterocycles. The number of hydrogen-bond donors (Lipinski definition) is 3. The van der Waals surface area contributed by atoms with Gasteiger partial charge < -0.3 is 20.0 Å². The predicted octanol–water partition coefficient (Wildman–Crippen LogP) is 2.63. The highest BCUT2D eigenvalue weighted by molar-refractivity contribution is 8.00. The molecule has 29 heavy (non-hydrogen) atoms. The maximum atomic E-state index is 13.9. The van der Waals surface area contributed by atoms with Gasteiger partial charge in [-0.1, -0.05) is 11.8 Å². The van der Waals surface area contributed by atoms with Crippen molar-refractivity contribution in [3.8, 4) is 0 Å². The summed E-state index contributed by atoms with van der Waals surface area (Å²) < 4.78 is 13.9. The second-order valence-electron chi connectivity index (χ2n) is 6.90. The number of pyridine rings is 1. The fourth-order valence-electron chi connectivity index (χ4n) is 3.45. The van der Waals surface area contributed by atoms with E-state index in [0.717, 1.165) is 0 Å². The van der Waals surface area contributed by atoms with Crippen LogP contribution in [0.4, 0.5) is 4.39 Å². The van der Waals surface area contributed by atoms with Crippen LogP contribution in [-0.4, -0.2) is 56.8 Å². The molecule has 0 saturated heterocycles. The van der Waals surface area contributed by atoms with E-state index in [0.29, 0.717) is 37.7 Å². The molecule has 0 fully saturated rings. The van der Waals surface area contributed by atoms with Gasteiger partial charge >= 0.3 is 0 Å². The van der Waals surface area contributed by atoms with Crippen LogP contribution in [0, 0.1) is 5.82 Å². The summed E-state index contributed by atoms with van der Waals surface area (Å²) in [7, 11) is 3.32. The molecule has 0 saturated carbocycles. The maximum absolute atomic E-state index is 13.9. The number of aromatic nitrogens is 3. The molecule has 0 bridgehead atoms. The third-order valence-corrected chi connectivity index (χ3v) is 5.92. The van der Waals surface area contributed by atoms with Crippen LogP contribution in [-0.2, 0) is 4.79 Å². The van der Waals surface area contributed by atoms with Gasteiger partial charge in [-0.3, -0.25) is 9.59 Å². The van der Waals surface area contributed by atoms with Gasteiger partial charge in [0.15, 0.2) is 5.16 Å². The second kappa shape index (κ2) is 7.49. The summed E-state index contributed by atoms with van der Waals surface area (Å²) in [5.41, 5.74) is 0.923. The molecule has 9 heteroatoms. The number of imidazole rings is 1. The summed E-state index contributed by atoms with van der Waals surface area (Å²) in [5, 5.41) is 11.5. The monoisotopic (exact) mass is 414 g/mol. The van der Waals surface area contributed by atoms with Gasteiger partial charge in [0.1, 0.15) is 5.82 Å². The Hall–Kier alpha value is -2.91. The van der Waals surface area contributed by atoms with E-state index in [1.165, 1.54) is 35.0 Å². The Labute approximate surface area is 168 Å². The number of amides is 1. The first-order valence-electron chi connectivity index (χ1n) is 9.01. The summed E-state index contributed by atoms with van der Waals surface area (Å²) in [6, 6.07) is 6.02. The lowest BCUT2D eigenvalue weighted by Crippen LogP contribution is -2.32. The molecule has 1 unspecified atom stereocenters. The number of aliphatic hydroxyl groups is 1. The van der Waals surface area contributed by atoms with E-state index in [2.05, 4.69) is 15.0 Å². The van der Waals surface area contributed by atoms with Crippen molar-refractivity contribution in [2.75, 3.05) is 20.7 Å². The van der Waals surface area contributed by atoms with Gasteiger partial charge in [-0.05, 0) is 30.7 Å². The highest BCUT2D eigenvalue weighted by atomic mass is 32.2. The first-order valence-corrected chi connectivity index (χ1v) is 9.89. The number of carbonyl (C=O) groups is 1. The minimum Gasteiger partial charge on any atom is -0.396 e. The van der Waals surface area contributed by atoms with E-state index < -0.39 is 11.1 Å². The first kappa shape index (κ1) is 19.4. The molecule has 7 nitrogen and oxygen atoms in total. The van der Waals surface area contributed by atoms with Crippen LogP contribution in [0.3, 0.4) is 0 Å². The molecule has 0 aliphatic carbocycles. The number of hydrogen-bond acceptors (Lipinski definition) is 5. The number of rotatable bonds is 5. The van der Waals surface area contributed by atoms with Crippen molar-refractivity contribution in [2.24, 2.45) is 0 Å². The molecule has 0 aliphatic heterocycles. The molecule has 4 aromatic rings.